The Morgan fingerprint density at radius 3 is 2.83 bits per heavy atom. The third-order valence-electron chi connectivity index (χ3n) is 1.69. The fraction of sp³-hybridized carbons (Fsp3) is 0.222. The number of oxime groups is 1. The van der Waals surface area contributed by atoms with E-state index in [4.69, 9.17) is 5.21 Å². The zero-order valence-corrected chi connectivity index (χ0v) is 6.86. The Kier molecular flexibility index (Phi) is 2.69. The van der Waals surface area contributed by atoms with Crippen LogP contribution in [0.1, 0.15) is 18.1 Å². The van der Waals surface area contributed by atoms with Gasteiger partial charge in [-0.25, -0.2) is 0 Å². The van der Waals surface area contributed by atoms with E-state index in [1.165, 1.54) is 6.21 Å². The van der Waals surface area contributed by atoms with Crippen LogP contribution in [0.25, 0.3) is 0 Å². The van der Waals surface area contributed by atoms with E-state index in [0.29, 0.717) is 0 Å². The maximum Gasteiger partial charge on any atom is 0.118 e. The normalized spacial score (nSPS) is 10.8. The molecule has 12 heavy (non-hydrogen) atoms. The highest BCUT2D eigenvalue weighted by atomic mass is 16.4. The highest BCUT2D eigenvalue weighted by Gasteiger charge is 1.98. The summed E-state index contributed by atoms with van der Waals surface area (Å²) in [5.41, 5.74) is 1.64. The van der Waals surface area contributed by atoms with Gasteiger partial charge in [0.15, 0.2) is 0 Å². The molecule has 0 fully saturated rings. The molecule has 0 radical (unpaired) electrons. The number of hydrogen-bond acceptors (Lipinski definition) is 3. The number of aryl methyl sites for hydroxylation is 1. The van der Waals surface area contributed by atoms with Crippen molar-refractivity contribution < 1.29 is 10.3 Å². The number of aromatic hydroxyl groups is 1. The smallest absolute Gasteiger partial charge is 0.118 e. The predicted molar refractivity (Wildman–Crippen MR) is 46.9 cm³/mol. The van der Waals surface area contributed by atoms with Crippen molar-refractivity contribution in [2.24, 2.45) is 5.16 Å². The van der Waals surface area contributed by atoms with Crippen LogP contribution in [0.5, 0.6) is 5.75 Å². The van der Waals surface area contributed by atoms with Crippen LogP contribution < -0.4 is 0 Å². The standard InChI is InChI=1S/C9H11NO2/c1-2-8-5-7(6-10-12)3-4-9(8)11/h3-6,11-12H,2H2,1H3/b10-6-. The van der Waals surface area contributed by atoms with Crippen molar-refractivity contribution in [3.63, 3.8) is 0 Å². The maximum absolute atomic E-state index is 9.30. The average Bonchev–Trinajstić information content (AvgIpc) is 2.09. The van der Waals surface area contributed by atoms with Gasteiger partial charge in [-0.3, -0.25) is 0 Å². The molecule has 0 atom stereocenters. The summed E-state index contributed by atoms with van der Waals surface area (Å²) in [5.74, 6) is 0.285. The summed E-state index contributed by atoms with van der Waals surface area (Å²) in [6, 6.07) is 5.07. The average molecular weight is 165 g/mol. The molecule has 0 aliphatic carbocycles. The Hall–Kier alpha value is -1.51. The van der Waals surface area contributed by atoms with Gasteiger partial charge in [-0.1, -0.05) is 12.1 Å². The second-order valence-corrected chi connectivity index (χ2v) is 2.49. The summed E-state index contributed by atoms with van der Waals surface area (Å²) in [6.45, 7) is 1.95. The van der Waals surface area contributed by atoms with Gasteiger partial charge in [0, 0.05) is 0 Å². The van der Waals surface area contributed by atoms with Crippen LogP contribution in [0.3, 0.4) is 0 Å². The Labute approximate surface area is 71.0 Å². The topological polar surface area (TPSA) is 52.8 Å². The Morgan fingerprint density at radius 1 is 1.50 bits per heavy atom. The Balaban J connectivity index is 3.05. The first-order valence-electron chi connectivity index (χ1n) is 3.77. The van der Waals surface area contributed by atoms with Gasteiger partial charge in [0.1, 0.15) is 5.75 Å². The van der Waals surface area contributed by atoms with Gasteiger partial charge in [-0.05, 0) is 35.7 Å². The minimum atomic E-state index is 0.285. The number of hydrogen-bond donors (Lipinski definition) is 2. The van der Waals surface area contributed by atoms with Crippen LogP contribution in [0.4, 0.5) is 0 Å². The zero-order valence-electron chi connectivity index (χ0n) is 6.86. The summed E-state index contributed by atoms with van der Waals surface area (Å²) in [4.78, 5) is 0. The highest BCUT2D eigenvalue weighted by molar-refractivity contribution is 5.79. The lowest BCUT2D eigenvalue weighted by Crippen LogP contribution is -1.86. The van der Waals surface area contributed by atoms with E-state index >= 15 is 0 Å². The van der Waals surface area contributed by atoms with Gasteiger partial charge in [0.25, 0.3) is 0 Å². The summed E-state index contributed by atoms with van der Waals surface area (Å²) in [7, 11) is 0. The van der Waals surface area contributed by atoms with Gasteiger partial charge in [-0.15, -0.1) is 0 Å². The summed E-state index contributed by atoms with van der Waals surface area (Å²) >= 11 is 0. The summed E-state index contributed by atoms with van der Waals surface area (Å²) < 4.78 is 0. The van der Waals surface area contributed by atoms with Crippen molar-refractivity contribution in [2.45, 2.75) is 13.3 Å². The summed E-state index contributed by atoms with van der Waals surface area (Å²) in [6.07, 6.45) is 2.09. The quantitative estimate of drug-likeness (QED) is 0.398. The third-order valence-corrected chi connectivity index (χ3v) is 1.69. The molecular formula is C9H11NO2. The molecule has 0 amide bonds. The molecule has 0 heterocycles. The van der Waals surface area contributed by atoms with E-state index in [1.807, 2.05) is 6.92 Å². The lowest BCUT2D eigenvalue weighted by Gasteiger charge is -2.01. The first-order valence-corrected chi connectivity index (χ1v) is 3.77. The monoisotopic (exact) mass is 165 g/mol. The van der Waals surface area contributed by atoms with Crippen LogP contribution in [0.15, 0.2) is 23.4 Å². The predicted octanol–water partition coefficient (Wildman–Crippen LogP) is 1.76. The third kappa shape index (κ3) is 1.75. The maximum atomic E-state index is 9.30. The number of rotatable bonds is 2. The Bertz CT molecular complexity index is 295. The first-order chi connectivity index (χ1) is 5.77. The molecule has 3 heteroatoms. The van der Waals surface area contributed by atoms with Crippen LogP contribution in [0.2, 0.25) is 0 Å². The molecule has 0 aromatic heterocycles. The van der Waals surface area contributed by atoms with E-state index in [0.717, 1.165) is 17.5 Å². The molecular weight excluding hydrogens is 154 g/mol. The molecule has 0 unspecified atom stereocenters. The van der Waals surface area contributed by atoms with Gasteiger partial charge in [-0.2, -0.15) is 0 Å². The molecule has 3 nitrogen and oxygen atoms in total. The lowest BCUT2D eigenvalue weighted by atomic mass is 10.1. The van der Waals surface area contributed by atoms with Crippen molar-refractivity contribution in [2.75, 3.05) is 0 Å². The largest absolute Gasteiger partial charge is 0.508 e. The molecule has 1 rings (SSSR count). The lowest BCUT2D eigenvalue weighted by molar-refractivity contribution is 0.322. The van der Waals surface area contributed by atoms with Crippen molar-refractivity contribution in [3.05, 3.63) is 29.3 Å². The molecule has 0 spiro atoms. The molecule has 0 saturated heterocycles. The van der Waals surface area contributed by atoms with Crippen LogP contribution >= 0.6 is 0 Å². The second-order valence-electron chi connectivity index (χ2n) is 2.49. The van der Waals surface area contributed by atoms with E-state index < -0.39 is 0 Å². The fourth-order valence-electron chi connectivity index (χ4n) is 1.04. The number of nitrogens with zero attached hydrogens (tertiary/aromatic N) is 1. The van der Waals surface area contributed by atoms with Gasteiger partial charge in [0.05, 0.1) is 6.21 Å². The van der Waals surface area contributed by atoms with Crippen LogP contribution in [0, 0.1) is 0 Å². The van der Waals surface area contributed by atoms with Crippen LogP contribution in [-0.2, 0) is 6.42 Å². The van der Waals surface area contributed by atoms with Gasteiger partial charge in [0.2, 0.25) is 0 Å². The summed E-state index contributed by atoms with van der Waals surface area (Å²) in [5, 5.41) is 20.5. The first kappa shape index (κ1) is 8.59. The van der Waals surface area contributed by atoms with E-state index in [9.17, 15) is 5.11 Å². The van der Waals surface area contributed by atoms with Crippen molar-refractivity contribution in [1.82, 2.24) is 0 Å². The molecule has 1 aromatic carbocycles. The van der Waals surface area contributed by atoms with Crippen molar-refractivity contribution >= 4 is 6.21 Å². The van der Waals surface area contributed by atoms with Crippen LogP contribution in [-0.4, -0.2) is 16.5 Å². The van der Waals surface area contributed by atoms with Crippen molar-refractivity contribution in [1.29, 1.82) is 0 Å². The molecule has 0 bridgehead atoms. The minimum Gasteiger partial charge on any atom is -0.508 e. The molecule has 2 N–H and O–H groups in total. The Morgan fingerprint density at radius 2 is 2.25 bits per heavy atom. The van der Waals surface area contributed by atoms with E-state index in [-0.39, 0.29) is 5.75 Å². The van der Waals surface area contributed by atoms with E-state index in [1.54, 1.807) is 18.2 Å². The molecule has 0 saturated carbocycles. The highest BCUT2D eigenvalue weighted by Crippen LogP contribution is 2.17. The molecule has 64 valence electrons. The SMILES string of the molecule is CCc1cc(/C=N\O)ccc1O. The number of benzene rings is 1. The fourth-order valence-corrected chi connectivity index (χ4v) is 1.04. The van der Waals surface area contributed by atoms with Gasteiger partial charge >= 0.3 is 0 Å². The number of phenolic OH excluding ortho intramolecular Hbond substituents is 1. The molecule has 1 aromatic rings. The van der Waals surface area contributed by atoms with E-state index in [2.05, 4.69) is 5.16 Å². The van der Waals surface area contributed by atoms with Gasteiger partial charge < -0.3 is 10.3 Å². The molecule has 0 aliphatic rings. The zero-order chi connectivity index (χ0) is 8.97. The number of phenols is 1. The van der Waals surface area contributed by atoms with Crippen molar-refractivity contribution in [3.8, 4) is 5.75 Å². The molecule has 0 aliphatic heterocycles. The second kappa shape index (κ2) is 3.76. The minimum absolute atomic E-state index is 0.285.